The molecule has 0 atom stereocenters. The van der Waals surface area contributed by atoms with Gasteiger partial charge in [0.05, 0.1) is 0 Å². The molecule has 0 fully saturated rings. The average Bonchev–Trinajstić information content (AvgIpc) is 2.62. The van der Waals surface area contributed by atoms with Crippen LogP contribution in [0.4, 0.5) is 13.2 Å². The lowest BCUT2D eigenvalue weighted by Gasteiger charge is -1.99. The second-order valence-electron chi connectivity index (χ2n) is 3.36. The molecule has 0 aliphatic rings. The van der Waals surface area contributed by atoms with Crippen LogP contribution < -0.4 is 0 Å². The largest absolute Gasteiger partial charge is 0.478 e. The van der Waals surface area contributed by atoms with Crippen molar-refractivity contribution in [3.05, 3.63) is 29.2 Å². The predicted octanol–water partition coefficient (Wildman–Crippen LogP) is 1.75. The zero-order chi connectivity index (χ0) is 12.8. The highest BCUT2D eigenvalue weighted by molar-refractivity contribution is 5.94. The molecule has 0 saturated carbocycles. The lowest BCUT2D eigenvalue weighted by Crippen LogP contribution is -2.07. The molecule has 2 aromatic rings. The number of rotatable bonds is 1. The summed E-state index contributed by atoms with van der Waals surface area (Å²) >= 11 is 0. The fourth-order valence-electron chi connectivity index (χ4n) is 1.37. The first-order valence-corrected chi connectivity index (χ1v) is 4.47. The zero-order valence-corrected chi connectivity index (χ0v) is 8.49. The van der Waals surface area contributed by atoms with Crippen molar-refractivity contribution in [2.45, 2.75) is 13.1 Å². The Hall–Kier alpha value is -2.12. The summed E-state index contributed by atoms with van der Waals surface area (Å²) in [4.78, 5) is 14.0. The summed E-state index contributed by atoms with van der Waals surface area (Å²) in [6, 6.07) is 2.56. The summed E-state index contributed by atoms with van der Waals surface area (Å²) in [6.07, 6.45) is -4.70. The van der Waals surface area contributed by atoms with Crippen molar-refractivity contribution in [1.82, 2.24) is 14.6 Å². The van der Waals surface area contributed by atoms with Gasteiger partial charge in [-0.15, -0.1) is 5.10 Å². The third-order valence-electron chi connectivity index (χ3n) is 2.16. The number of nitrogens with zero attached hydrogens (tertiary/aromatic N) is 3. The molecule has 17 heavy (non-hydrogen) atoms. The quantitative estimate of drug-likeness (QED) is 0.831. The highest BCUT2D eigenvalue weighted by atomic mass is 19.4. The molecule has 2 aromatic heterocycles. The lowest BCUT2D eigenvalue weighted by molar-refractivity contribution is -0.144. The number of halogens is 3. The van der Waals surface area contributed by atoms with Gasteiger partial charge >= 0.3 is 12.1 Å². The van der Waals surface area contributed by atoms with Gasteiger partial charge in [-0.3, -0.25) is 0 Å². The highest BCUT2D eigenvalue weighted by Gasteiger charge is 2.37. The summed E-state index contributed by atoms with van der Waals surface area (Å²) in [6.45, 7) is 1.51. The van der Waals surface area contributed by atoms with Crippen LogP contribution in [0.3, 0.4) is 0 Å². The molecular weight excluding hydrogens is 239 g/mol. The minimum Gasteiger partial charge on any atom is -0.478 e. The van der Waals surface area contributed by atoms with E-state index >= 15 is 0 Å². The number of carbonyl (C=O) groups is 1. The predicted molar refractivity (Wildman–Crippen MR) is 49.7 cm³/mol. The van der Waals surface area contributed by atoms with Crippen LogP contribution in [-0.2, 0) is 6.18 Å². The molecule has 0 aromatic carbocycles. The molecule has 0 radical (unpaired) electrons. The van der Waals surface area contributed by atoms with Crippen molar-refractivity contribution in [2.24, 2.45) is 0 Å². The minimum atomic E-state index is -4.70. The van der Waals surface area contributed by atoms with Crippen molar-refractivity contribution in [3.8, 4) is 0 Å². The van der Waals surface area contributed by atoms with Crippen molar-refractivity contribution in [1.29, 1.82) is 0 Å². The molecule has 0 aliphatic heterocycles. The van der Waals surface area contributed by atoms with Gasteiger partial charge < -0.3 is 5.11 Å². The molecule has 0 aliphatic carbocycles. The first-order chi connectivity index (χ1) is 7.80. The number of alkyl halides is 3. The number of carboxylic acid groups (broad SMARTS) is 1. The maximum Gasteiger partial charge on any atom is 0.453 e. The topological polar surface area (TPSA) is 67.5 Å². The average molecular weight is 245 g/mol. The molecule has 0 spiro atoms. The van der Waals surface area contributed by atoms with Crippen molar-refractivity contribution in [2.75, 3.05) is 0 Å². The molecule has 5 nitrogen and oxygen atoms in total. The number of aromatic carboxylic acids is 1. The fraction of sp³-hybridized carbons (Fsp3) is 0.222. The number of pyridine rings is 1. The number of aryl methyl sites for hydroxylation is 1. The fourth-order valence-corrected chi connectivity index (χ4v) is 1.37. The number of hydrogen-bond donors (Lipinski definition) is 1. The second-order valence-corrected chi connectivity index (χ2v) is 3.36. The normalized spacial score (nSPS) is 12.0. The van der Waals surface area contributed by atoms with E-state index < -0.39 is 18.0 Å². The van der Waals surface area contributed by atoms with Crippen molar-refractivity contribution in [3.63, 3.8) is 0 Å². The van der Waals surface area contributed by atoms with Crippen LogP contribution in [-0.4, -0.2) is 25.7 Å². The molecule has 8 heteroatoms. The van der Waals surface area contributed by atoms with E-state index in [4.69, 9.17) is 5.11 Å². The van der Waals surface area contributed by atoms with Crippen LogP contribution in [0.15, 0.2) is 12.1 Å². The van der Waals surface area contributed by atoms with E-state index in [0.29, 0.717) is 5.69 Å². The summed E-state index contributed by atoms with van der Waals surface area (Å²) in [7, 11) is 0. The van der Waals surface area contributed by atoms with E-state index in [1.165, 1.54) is 19.1 Å². The molecule has 2 rings (SSSR count). The molecule has 90 valence electrons. The van der Waals surface area contributed by atoms with Gasteiger partial charge in [0.2, 0.25) is 0 Å². The standard InChI is InChI=1S/C9H6F3N3O2/c1-4-2-3-5(7(16)17)6-13-8(9(10,11)12)14-15(4)6/h2-3H,1H3,(H,16,17). The van der Waals surface area contributed by atoms with E-state index in [1.807, 2.05) is 0 Å². The van der Waals surface area contributed by atoms with E-state index in [2.05, 4.69) is 10.1 Å². The third kappa shape index (κ3) is 1.81. The van der Waals surface area contributed by atoms with E-state index in [0.717, 1.165) is 4.52 Å². The van der Waals surface area contributed by atoms with Crippen LogP contribution in [0.5, 0.6) is 0 Å². The van der Waals surface area contributed by atoms with Gasteiger partial charge in [-0.05, 0) is 19.1 Å². The van der Waals surface area contributed by atoms with Crippen LogP contribution in [0, 0.1) is 6.92 Å². The molecule has 0 unspecified atom stereocenters. The third-order valence-corrected chi connectivity index (χ3v) is 2.16. The SMILES string of the molecule is Cc1ccc(C(=O)O)c2nc(C(F)(F)F)nn12. The first-order valence-electron chi connectivity index (χ1n) is 4.47. The van der Waals surface area contributed by atoms with Gasteiger partial charge in [0, 0.05) is 5.69 Å². The molecular formula is C9H6F3N3O2. The number of carboxylic acids is 1. The molecule has 0 amide bonds. The maximum absolute atomic E-state index is 12.4. The van der Waals surface area contributed by atoms with Gasteiger partial charge in [-0.25, -0.2) is 14.3 Å². The molecule has 0 bridgehead atoms. The van der Waals surface area contributed by atoms with E-state index in [9.17, 15) is 18.0 Å². The Labute approximate surface area is 92.5 Å². The molecule has 2 heterocycles. The number of hydrogen-bond acceptors (Lipinski definition) is 3. The molecule has 1 N–H and O–H groups in total. The van der Waals surface area contributed by atoms with Crippen LogP contribution in [0.1, 0.15) is 21.9 Å². The Bertz CT molecular complexity index is 603. The van der Waals surface area contributed by atoms with Crippen molar-refractivity contribution >= 4 is 11.6 Å². The first kappa shape index (κ1) is 11.4. The number of fused-ring (bicyclic) bond motifs is 1. The minimum absolute atomic E-state index is 0.315. The van der Waals surface area contributed by atoms with Crippen LogP contribution >= 0.6 is 0 Å². The monoisotopic (exact) mass is 245 g/mol. The van der Waals surface area contributed by atoms with Gasteiger partial charge in [-0.1, -0.05) is 0 Å². The Morgan fingerprint density at radius 3 is 2.59 bits per heavy atom. The number of aromatic nitrogens is 3. The lowest BCUT2D eigenvalue weighted by atomic mass is 10.2. The summed E-state index contributed by atoms with van der Waals surface area (Å²) in [5.74, 6) is -2.70. The summed E-state index contributed by atoms with van der Waals surface area (Å²) < 4.78 is 38.1. The summed E-state index contributed by atoms with van der Waals surface area (Å²) in [5, 5.41) is 12.1. The van der Waals surface area contributed by atoms with Crippen molar-refractivity contribution < 1.29 is 23.1 Å². The Balaban J connectivity index is 2.79. The van der Waals surface area contributed by atoms with Gasteiger partial charge in [0.15, 0.2) is 5.65 Å². The smallest absolute Gasteiger partial charge is 0.453 e. The van der Waals surface area contributed by atoms with Crippen LogP contribution in [0.2, 0.25) is 0 Å². The van der Waals surface area contributed by atoms with Gasteiger partial charge in [0.25, 0.3) is 5.82 Å². The highest BCUT2D eigenvalue weighted by Crippen LogP contribution is 2.27. The Morgan fingerprint density at radius 1 is 1.41 bits per heavy atom. The summed E-state index contributed by atoms with van der Waals surface area (Å²) in [5.41, 5.74) is -0.267. The Kier molecular flexibility index (Phi) is 2.30. The zero-order valence-electron chi connectivity index (χ0n) is 8.49. The Morgan fingerprint density at radius 2 is 2.06 bits per heavy atom. The van der Waals surface area contributed by atoms with E-state index in [-0.39, 0.29) is 11.2 Å². The van der Waals surface area contributed by atoms with Crippen LogP contribution in [0.25, 0.3) is 5.65 Å². The maximum atomic E-state index is 12.4. The molecule has 0 saturated heterocycles. The van der Waals surface area contributed by atoms with Gasteiger partial charge in [0.1, 0.15) is 5.56 Å². The second kappa shape index (κ2) is 3.44. The van der Waals surface area contributed by atoms with E-state index in [1.54, 1.807) is 0 Å². The van der Waals surface area contributed by atoms with Gasteiger partial charge in [-0.2, -0.15) is 13.2 Å².